The van der Waals surface area contributed by atoms with Crippen molar-refractivity contribution in [3.8, 4) is 5.75 Å². The number of hydrogen-bond acceptors (Lipinski definition) is 4. The number of rotatable bonds is 6. The quantitative estimate of drug-likeness (QED) is 0.729. The summed E-state index contributed by atoms with van der Waals surface area (Å²) in [6.07, 6.45) is 0. The molecule has 0 aromatic heterocycles. The highest BCUT2D eigenvalue weighted by Crippen LogP contribution is 2.25. The van der Waals surface area contributed by atoms with Gasteiger partial charge in [0.05, 0.1) is 4.47 Å². The van der Waals surface area contributed by atoms with E-state index in [0.29, 0.717) is 16.5 Å². The molecule has 5 nitrogen and oxygen atoms in total. The molecule has 0 saturated carbocycles. The molecule has 7 heteroatoms. The van der Waals surface area contributed by atoms with Crippen LogP contribution < -0.4 is 10.1 Å². The van der Waals surface area contributed by atoms with Gasteiger partial charge in [0.15, 0.2) is 13.2 Å². The van der Waals surface area contributed by atoms with Crippen LogP contribution in [-0.2, 0) is 14.3 Å². The van der Waals surface area contributed by atoms with Gasteiger partial charge in [0.25, 0.3) is 5.91 Å². The molecule has 0 aliphatic carbocycles. The molecular formula is C17H15BrClNO4. The van der Waals surface area contributed by atoms with Gasteiger partial charge >= 0.3 is 5.97 Å². The fourth-order valence-electron chi connectivity index (χ4n) is 1.78. The number of aryl methyl sites for hydroxylation is 1. The van der Waals surface area contributed by atoms with E-state index in [9.17, 15) is 9.59 Å². The highest BCUT2D eigenvalue weighted by molar-refractivity contribution is 9.10. The first-order valence-electron chi connectivity index (χ1n) is 7.04. The lowest BCUT2D eigenvalue weighted by Gasteiger charge is -2.09. The predicted molar refractivity (Wildman–Crippen MR) is 95.4 cm³/mol. The van der Waals surface area contributed by atoms with Crippen molar-refractivity contribution < 1.29 is 19.1 Å². The number of nitrogens with one attached hydrogen (secondary N) is 1. The average molecular weight is 413 g/mol. The Labute approximate surface area is 153 Å². The maximum absolute atomic E-state index is 11.7. The van der Waals surface area contributed by atoms with Gasteiger partial charge in [0.1, 0.15) is 5.75 Å². The summed E-state index contributed by atoms with van der Waals surface area (Å²) >= 11 is 9.11. The molecule has 0 saturated heterocycles. The van der Waals surface area contributed by atoms with Gasteiger partial charge in [-0.2, -0.15) is 0 Å². The minimum atomic E-state index is -0.631. The molecule has 24 heavy (non-hydrogen) atoms. The molecule has 126 valence electrons. The molecule has 0 bridgehead atoms. The standard InChI is InChI=1S/C17H15BrClNO4/c1-11-2-7-15(14(18)8-11)23-10-17(22)24-9-16(21)20-13-5-3-12(19)4-6-13/h2-8H,9-10H2,1H3,(H,20,21). The second-order valence-electron chi connectivity index (χ2n) is 4.94. The van der Waals surface area contributed by atoms with E-state index < -0.39 is 11.9 Å². The van der Waals surface area contributed by atoms with Gasteiger partial charge in [-0.1, -0.05) is 17.7 Å². The van der Waals surface area contributed by atoms with Crippen molar-refractivity contribution in [2.45, 2.75) is 6.92 Å². The van der Waals surface area contributed by atoms with Crippen molar-refractivity contribution in [1.82, 2.24) is 0 Å². The summed E-state index contributed by atoms with van der Waals surface area (Å²) in [7, 11) is 0. The smallest absolute Gasteiger partial charge is 0.344 e. The number of amides is 1. The third-order valence-electron chi connectivity index (χ3n) is 2.93. The number of esters is 1. The number of anilines is 1. The van der Waals surface area contributed by atoms with Gasteiger partial charge in [-0.25, -0.2) is 4.79 Å². The molecule has 1 N–H and O–H groups in total. The number of carbonyl (C=O) groups excluding carboxylic acids is 2. The Morgan fingerprint density at radius 2 is 1.83 bits per heavy atom. The first-order chi connectivity index (χ1) is 11.4. The van der Waals surface area contributed by atoms with Gasteiger partial charge in [0, 0.05) is 10.7 Å². The lowest BCUT2D eigenvalue weighted by molar-refractivity contribution is -0.149. The van der Waals surface area contributed by atoms with Gasteiger partial charge < -0.3 is 14.8 Å². The van der Waals surface area contributed by atoms with Gasteiger partial charge in [-0.05, 0) is 64.8 Å². The van der Waals surface area contributed by atoms with E-state index >= 15 is 0 Å². The van der Waals surface area contributed by atoms with Crippen LogP contribution in [0.5, 0.6) is 5.75 Å². The van der Waals surface area contributed by atoms with Crippen LogP contribution in [0.2, 0.25) is 5.02 Å². The maximum Gasteiger partial charge on any atom is 0.344 e. The molecule has 0 aliphatic rings. The van der Waals surface area contributed by atoms with Crippen LogP contribution >= 0.6 is 27.5 Å². The molecule has 0 atom stereocenters. The summed E-state index contributed by atoms with van der Waals surface area (Å²) in [4.78, 5) is 23.3. The minimum absolute atomic E-state index is 0.282. The van der Waals surface area contributed by atoms with Crippen LogP contribution in [0.1, 0.15) is 5.56 Å². The Kier molecular flexibility index (Phi) is 6.63. The van der Waals surface area contributed by atoms with Crippen molar-refractivity contribution in [3.05, 3.63) is 57.5 Å². The molecule has 0 heterocycles. The lowest BCUT2D eigenvalue weighted by Crippen LogP contribution is -2.23. The highest BCUT2D eigenvalue weighted by Gasteiger charge is 2.10. The highest BCUT2D eigenvalue weighted by atomic mass is 79.9. The van der Waals surface area contributed by atoms with Crippen molar-refractivity contribution in [3.63, 3.8) is 0 Å². The van der Waals surface area contributed by atoms with E-state index in [4.69, 9.17) is 21.1 Å². The summed E-state index contributed by atoms with van der Waals surface area (Å²) in [6.45, 7) is 1.28. The summed E-state index contributed by atoms with van der Waals surface area (Å²) < 4.78 is 11.0. The van der Waals surface area contributed by atoms with E-state index in [1.165, 1.54) is 0 Å². The van der Waals surface area contributed by atoms with Crippen LogP contribution in [0.15, 0.2) is 46.9 Å². The molecule has 0 unspecified atom stereocenters. The second-order valence-corrected chi connectivity index (χ2v) is 6.23. The van der Waals surface area contributed by atoms with Gasteiger partial charge in [-0.15, -0.1) is 0 Å². The van der Waals surface area contributed by atoms with Crippen LogP contribution in [0.3, 0.4) is 0 Å². The van der Waals surface area contributed by atoms with Crippen molar-refractivity contribution in [1.29, 1.82) is 0 Å². The molecule has 0 fully saturated rings. The van der Waals surface area contributed by atoms with Crippen LogP contribution in [0.25, 0.3) is 0 Å². The third kappa shape index (κ3) is 5.86. The molecular weight excluding hydrogens is 398 g/mol. The molecule has 0 spiro atoms. The molecule has 0 radical (unpaired) electrons. The van der Waals surface area contributed by atoms with Gasteiger partial charge in [-0.3, -0.25) is 4.79 Å². The summed E-state index contributed by atoms with van der Waals surface area (Å²) in [5.41, 5.74) is 1.64. The Bertz CT molecular complexity index is 734. The molecule has 2 aromatic carbocycles. The zero-order valence-electron chi connectivity index (χ0n) is 12.8. The van der Waals surface area contributed by atoms with Crippen molar-refractivity contribution in [2.24, 2.45) is 0 Å². The fraction of sp³-hybridized carbons (Fsp3) is 0.176. The molecule has 0 aliphatic heterocycles. The van der Waals surface area contributed by atoms with E-state index in [0.717, 1.165) is 10.0 Å². The Hall–Kier alpha value is -2.05. The minimum Gasteiger partial charge on any atom is -0.481 e. The fourth-order valence-corrected chi connectivity index (χ4v) is 2.51. The van der Waals surface area contributed by atoms with E-state index in [-0.39, 0.29) is 13.2 Å². The lowest BCUT2D eigenvalue weighted by atomic mass is 10.2. The van der Waals surface area contributed by atoms with Crippen LogP contribution in [0, 0.1) is 6.92 Å². The van der Waals surface area contributed by atoms with E-state index in [1.807, 2.05) is 19.1 Å². The SMILES string of the molecule is Cc1ccc(OCC(=O)OCC(=O)Nc2ccc(Cl)cc2)c(Br)c1. The topological polar surface area (TPSA) is 64.6 Å². The number of ether oxygens (including phenoxy) is 2. The zero-order chi connectivity index (χ0) is 17.5. The van der Waals surface area contributed by atoms with Gasteiger partial charge in [0.2, 0.25) is 0 Å². The zero-order valence-corrected chi connectivity index (χ0v) is 15.2. The molecule has 2 aromatic rings. The number of carbonyl (C=O) groups is 2. The van der Waals surface area contributed by atoms with E-state index in [2.05, 4.69) is 21.2 Å². The summed E-state index contributed by atoms with van der Waals surface area (Å²) in [5, 5.41) is 3.16. The number of hydrogen-bond donors (Lipinski definition) is 1. The summed E-state index contributed by atoms with van der Waals surface area (Å²) in [5.74, 6) is -0.543. The summed E-state index contributed by atoms with van der Waals surface area (Å²) in [6, 6.07) is 12.1. The molecule has 2 rings (SSSR count). The first-order valence-corrected chi connectivity index (χ1v) is 8.21. The van der Waals surface area contributed by atoms with Crippen LogP contribution in [0.4, 0.5) is 5.69 Å². The Balaban J connectivity index is 1.74. The Morgan fingerprint density at radius 1 is 1.12 bits per heavy atom. The average Bonchev–Trinajstić information content (AvgIpc) is 2.54. The predicted octanol–water partition coefficient (Wildman–Crippen LogP) is 3.97. The van der Waals surface area contributed by atoms with Crippen molar-refractivity contribution in [2.75, 3.05) is 18.5 Å². The normalized spacial score (nSPS) is 10.1. The molecule has 1 amide bonds. The van der Waals surface area contributed by atoms with Crippen molar-refractivity contribution >= 4 is 45.1 Å². The second kappa shape index (κ2) is 8.70. The first kappa shape index (κ1) is 18.3. The largest absolute Gasteiger partial charge is 0.481 e. The Morgan fingerprint density at radius 3 is 2.50 bits per heavy atom. The van der Waals surface area contributed by atoms with E-state index in [1.54, 1.807) is 30.3 Å². The monoisotopic (exact) mass is 411 g/mol. The number of benzene rings is 2. The van der Waals surface area contributed by atoms with Crippen LogP contribution in [-0.4, -0.2) is 25.1 Å². The maximum atomic E-state index is 11.7. The third-order valence-corrected chi connectivity index (χ3v) is 3.80. The number of halogens is 2.